The van der Waals surface area contributed by atoms with Gasteiger partial charge in [0, 0.05) is 48.2 Å². The number of aromatic nitrogens is 1. The maximum absolute atomic E-state index is 13.5. The average molecular weight is 485 g/mol. The Bertz CT molecular complexity index is 1330. The molecule has 9 heteroatoms. The summed E-state index contributed by atoms with van der Waals surface area (Å²) in [6.07, 6.45) is 4.20. The average Bonchev–Trinajstić information content (AvgIpc) is 3.25. The molecule has 2 aliphatic rings. The molecule has 0 saturated carbocycles. The second kappa shape index (κ2) is 8.68. The maximum Gasteiger partial charge on any atom is 0.282 e. The van der Waals surface area contributed by atoms with Crippen molar-refractivity contribution in [1.82, 2.24) is 13.6 Å². The molecular formula is C24H25ClN4O3S. The Kier molecular flexibility index (Phi) is 5.86. The lowest BCUT2D eigenvalue weighted by Gasteiger charge is -2.35. The van der Waals surface area contributed by atoms with Gasteiger partial charge in [-0.05, 0) is 35.6 Å². The van der Waals surface area contributed by atoms with Crippen LogP contribution >= 0.6 is 11.6 Å². The van der Waals surface area contributed by atoms with Crippen LogP contribution in [0.2, 0.25) is 5.02 Å². The van der Waals surface area contributed by atoms with E-state index in [0.29, 0.717) is 29.7 Å². The highest BCUT2D eigenvalue weighted by molar-refractivity contribution is 7.86. The van der Waals surface area contributed by atoms with Crippen molar-refractivity contribution in [2.45, 2.75) is 25.8 Å². The van der Waals surface area contributed by atoms with Gasteiger partial charge in [-0.1, -0.05) is 48.9 Å². The van der Waals surface area contributed by atoms with Gasteiger partial charge in [-0.15, -0.1) is 0 Å². The molecule has 2 atom stereocenters. The molecule has 7 nitrogen and oxygen atoms in total. The number of carbonyl (C=O) groups is 1. The highest BCUT2D eigenvalue weighted by atomic mass is 35.5. The summed E-state index contributed by atoms with van der Waals surface area (Å²) in [7, 11) is -3.68. The van der Waals surface area contributed by atoms with Crippen molar-refractivity contribution in [3.05, 3.63) is 71.0 Å². The summed E-state index contributed by atoms with van der Waals surface area (Å²) in [5, 5.41) is 5.29. The Morgan fingerprint density at radius 2 is 1.94 bits per heavy atom. The fourth-order valence-electron chi connectivity index (χ4n) is 4.69. The van der Waals surface area contributed by atoms with Crippen LogP contribution in [0.25, 0.3) is 10.8 Å². The van der Waals surface area contributed by atoms with E-state index in [1.807, 2.05) is 30.3 Å². The molecule has 172 valence electrons. The van der Waals surface area contributed by atoms with Crippen molar-refractivity contribution in [2.24, 2.45) is 5.92 Å². The van der Waals surface area contributed by atoms with E-state index < -0.39 is 16.1 Å². The van der Waals surface area contributed by atoms with Gasteiger partial charge in [-0.2, -0.15) is 17.0 Å². The van der Waals surface area contributed by atoms with E-state index in [2.05, 4.69) is 17.2 Å². The summed E-state index contributed by atoms with van der Waals surface area (Å²) in [6.45, 7) is 3.35. The van der Waals surface area contributed by atoms with E-state index in [0.717, 1.165) is 28.3 Å². The first-order valence-corrected chi connectivity index (χ1v) is 12.8. The van der Waals surface area contributed by atoms with Crippen molar-refractivity contribution >= 4 is 44.2 Å². The van der Waals surface area contributed by atoms with Crippen LogP contribution < -0.4 is 5.32 Å². The number of nitrogens with one attached hydrogen (secondary N) is 1. The Hall–Kier alpha value is -2.52. The number of anilines is 1. The third-order valence-electron chi connectivity index (χ3n) is 6.50. The Labute approximate surface area is 198 Å². The van der Waals surface area contributed by atoms with Crippen molar-refractivity contribution in [1.29, 1.82) is 0 Å². The Morgan fingerprint density at radius 1 is 1.12 bits per heavy atom. The van der Waals surface area contributed by atoms with Crippen LogP contribution in [0.3, 0.4) is 0 Å². The summed E-state index contributed by atoms with van der Waals surface area (Å²) in [5.41, 5.74) is 2.14. The monoisotopic (exact) mass is 484 g/mol. The van der Waals surface area contributed by atoms with Gasteiger partial charge >= 0.3 is 0 Å². The van der Waals surface area contributed by atoms with Gasteiger partial charge in [0.05, 0.1) is 17.8 Å². The molecule has 1 amide bonds. The van der Waals surface area contributed by atoms with Gasteiger partial charge in [-0.3, -0.25) is 9.78 Å². The topological polar surface area (TPSA) is 82.6 Å². The lowest BCUT2D eigenvalue weighted by molar-refractivity contribution is -0.118. The molecular weight excluding hydrogens is 460 g/mol. The standard InChI is InChI=1S/C24H25ClN4O3S/c1-16-8-9-28(13-16)33(31,32)29-14-18-6-7-19(25)10-21(18)22(15-29)24(30)27-23-12-26-11-17-4-2-3-5-20(17)23/h2-7,10-12,16,22H,8-9,13-15H2,1H3,(H,27,30)/t16-,22-/m1/s1. The van der Waals surface area contributed by atoms with E-state index in [9.17, 15) is 13.2 Å². The summed E-state index contributed by atoms with van der Waals surface area (Å²) >= 11 is 6.25. The third kappa shape index (κ3) is 4.24. The highest BCUT2D eigenvalue weighted by Crippen LogP contribution is 2.35. The van der Waals surface area contributed by atoms with Crippen LogP contribution in [0.1, 0.15) is 30.4 Å². The lowest BCUT2D eigenvalue weighted by Crippen LogP contribution is -2.47. The quantitative estimate of drug-likeness (QED) is 0.606. The molecule has 0 spiro atoms. The van der Waals surface area contributed by atoms with Crippen molar-refractivity contribution in [3.8, 4) is 0 Å². The minimum Gasteiger partial charge on any atom is -0.324 e. The van der Waals surface area contributed by atoms with Crippen molar-refractivity contribution in [2.75, 3.05) is 25.0 Å². The molecule has 1 N–H and O–H groups in total. The second-order valence-corrected chi connectivity index (χ2v) is 11.2. The summed E-state index contributed by atoms with van der Waals surface area (Å²) in [5.74, 6) is -0.652. The van der Waals surface area contributed by atoms with Crippen LogP contribution in [0, 0.1) is 5.92 Å². The normalized spacial score (nSPS) is 21.8. The number of pyridine rings is 1. The fourth-order valence-corrected chi connectivity index (χ4v) is 6.62. The van der Waals surface area contributed by atoms with E-state index in [-0.39, 0.29) is 19.0 Å². The van der Waals surface area contributed by atoms with Gasteiger partial charge in [0.15, 0.2) is 0 Å². The SMILES string of the molecule is C[C@@H]1CCN(S(=O)(=O)N2Cc3ccc(Cl)cc3[C@H](C(=O)Nc3cncc4ccccc34)C2)C1. The summed E-state index contributed by atoms with van der Waals surface area (Å²) < 4.78 is 29.7. The molecule has 3 aromatic rings. The molecule has 1 aromatic heterocycles. The van der Waals surface area contributed by atoms with Crippen LogP contribution in [0.5, 0.6) is 0 Å². The number of amides is 1. The zero-order chi connectivity index (χ0) is 23.2. The lowest BCUT2D eigenvalue weighted by atomic mass is 9.90. The number of carbonyl (C=O) groups excluding carboxylic acids is 1. The molecule has 0 radical (unpaired) electrons. The zero-order valence-electron chi connectivity index (χ0n) is 18.2. The van der Waals surface area contributed by atoms with E-state index in [1.54, 1.807) is 24.5 Å². The molecule has 5 rings (SSSR count). The predicted octanol–water partition coefficient (Wildman–Crippen LogP) is 4.01. The number of benzene rings is 2. The minimum absolute atomic E-state index is 0.0601. The smallest absolute Gasteiger partial charge is 0.282 e. The molecule has 1 fully saturated rings. The number of fused-ring (bicyclic) bond motifs is 2. The number of nitrogens with zero attached hydrogens (tertiary/aromatic N) is 3. The largest absolute Gasteiger partial charge is 0.324 e. The van der Waals surface area contributed by atoms with Gasteiger partial charge in [0.25, 0.3) is 10.2 Å². The Balaban J connectivity index is 1.48. The van der Waals surface area contributed by atoms with Gasteiger partial charge in [-0.25, -0.2) is 0 Å². The molecule has 0 bridgehead atoms. The van der Waals surface area contributed by atoms with Gasteiger partial charge < -0.3 is 5.32 Å². The maximum atomic E-state index is 13.5. The van der Waals surface area contributed by atoms with Crippen LogP contribution in [-0.4, -0.2) is 47.6 Å². The molecule has 0 aliphatic carbocycles. The minimum atomic E-state index is -3.68. The van der Waals surface area contributed by atoms with Crippen LogP contribution in [-0.2, 0) is 21.5 Å². The molecule has 2 aromatic carbocycles. The number of rotatable bonds is 4. The first-order valence-electron chi connectivity index (χ1n) is 11.0. The van der Waals surface area contributed by atoms with Crippen molar-refractivity contribution in [3.63, 3.8) is 0 Å². The molecule has 2 aliphatic heterocycles. The second-order valence-electron chi connectivity index (χ2n) is 8.85. The molecule has 33 heavy (non-hydrogen) atoms. The van der Waals surface area contributed by atoms with Crippen LogP contribution in [0.15, 0.2) is 54.9 Å². The summed E-state index contributed by atoms with van der Waals surface area (Å²) in [6, 6.07) is 13.0. The molecule has 1 saturated heterocycles. The van der Waals surface area contributed by atoms with Gasteiger partial charge in [0.1, 0.15) is 0 Å². The van der Waals surface area contributed by atoms with E-state index in [4.69, 9.17) is 11.6 Å². The zero-order valence-corrected chi connectivity index (χ0v) is 19.8. The van der Waals surface area contributed by atoms with E-state index >= 15 is 0 Å². The highest BCUT2D eigenvalue weighted by Gasteiger charge is 2.40. The first kappa shape index (κ1) is 22.3. The molecule has 3 heterocycles. The van der Waals surface area contributed by atoms with E-state index in [1.165, 1.54) is 8.61 Å². The Morgan fingerprint density at radius 3 is 2.73 bits per heavy atom. The third-order valence-corrected chi connectivity index (χ3v) is 8.65. The first-order chi connectivity index (χ1) is 15.8. The number of hydrogen-bond acceptors (Lipinski definition) is 4. The molecule has 0 unspecified atom stereocenters. The number of hydrogen-bond donors (Lipinski definition) is 1. The summed E-state index contributed by atoms with van der Waals surface area (Å²) in [4.78, 5) is 17.7. The van der Waals surface area contributed by atoms with Crippen molar-refractivity contribution < 1.29 is 13.2 Å². The van der Waals surface area contributed by atoms with Crippen LogP contribution in [0.4, 0.5) is 5.69 Å². The van der Waals surface area contributed by atoms with Gasteiger partial charge in [0.2, 0.25) is 5.91 Å². The predicted molar refractivity (Wildman–Crippen MR) is 129 cm³/mol. The number of halogens is 1. The fraction of sp³-hybridized carbons (Fsp3) is 0.333.